The zero-order valence-corrected chi connectivity index (χ0v) is 14.7. The topological polar surface area (TPSA) is 0 Å². The maximum absolute atomic E-state index is 2.48. The Balaban J connectivity index is 2.08. The first-order valence-electron chi connectivity index (χ1n) is 7.63. The van der Waals surface area contributed by atoms with E-state index in [1.165, 1.54) is 21.6 Å². The van der Waals surface area contributed by atoms with Crippen molar-refractivity contribution in [3.05, 3.63) is 88.1 Å². The summed E-state index contributed by atoms with van der Waals surface area (Å²) in [6.45, 7) is 4.96. The van der Waals surface area contributed by atoms with Crippen molar-refractivity contribution >= 4 is 35.4 Å². The molecule has 0 bridgehead atoms. The van der Waals surface area contributed by atoms with E-state index in [2.05, 4.69) is 85.2 Å². The molecule has 0 saturated heterocycles. The van der Waals surface area contributed by atoms with Crippen LogP contribution in [-0.4, -0.2) is 8.07 Å². The Bertz CT molecular complexity index is 842. The van der Waals surface area contributed by atoms with Crippen molar-refractivity contribution in [2.45, 2.75) is 13.1 Å². The molecule has 108 valence electrons. The van der Waals surface area contributed by atoms with Gasteiger partial charge in [0.15, 0.2) is 0 Å². The lowest BCUT2D eigenvalue weighted by atomic mass is 10.0. The van der Waals surface area contributed by atoms with Gasteiger partial charge in [0.05, 0.1) is 0 Å². The Morgan fingerprint density at radius 2 is 1.50 bits per heavy atom. The fourth-order valence-electron chi connectivity index (χ4n) is 3.61. The van der Waals surface area contributed by atoms with Gasteiger partial charge in [-0.3, -0.25) is 0 Å². The monoisotopic (exact) mass is 318 g/mol. The Morgan fingerprint density at radius 1 is 0.773 bits per heavy atom. The van der Waals surface area contributed by atoms with Crippen molar-refractivity contribution in [1.29, 1.82) is 0 Å². The van der Waals surface area contributed by atoms with E-state index in [1.807, 2.05) is 11.3 Å². The van der Waals surface area contributed by atoms with Crippen molar-refractivity contribution in [1.82, 2.24) is 0 Å². The van der Waals surface area contributed by atoms with Crippen molar-refractivity contribution in [3.63, 3.8) is 0 Å². The lowest BCUT2D eigenvalue weighted by Gasteiger charge is -2.22. The molecule has 0 aliphatic carbocycles. The number of fused-ring (bicyclic) bond motifs is 1. The molecule has 0 amide bonds. The summed E-state index contributed by atoms with van der Waals surface area (Å²) in [5.74, 6) is 0. The fourth-order valence-corrected chi connectivity index (χ4v) is 7.94. The molecule has 1 aromatic heterocycles. The second kappa shape index (κ2) is 5.08. The SMILES string of the molecule is C[Si]1(C)C(c2ccccc2)=C(c2cccs2)c2ccccc21. The van der Waals surface area contributed by atoms with Gasteiger partial charge in [0, 0.05) is 4.88 Å². The van der Waals surface area contributed by atoms with Crippen LogP contribution in [0.3, 0.4) is 0 Å². The van der Waals surface area contributed by atoms with Crippen LogP contribution >= 0.6 is 11.3 Å². The first kappa shape index (κ1) is 13.7. The van der Waals surface area contributed by atoms with Gasteiger partial charge in [0.1, 0.15) is 8.07 Å². The average Bonchev–Trinajstić information content (AvgIpc) is 3.13. The molecule has 4 rings (SSSR count). The van der Waals surface area contributed by atoms with E-state index >= 15 is 0 Å². The molecule has 0 spiro atoms. The van der Waals surface area contributed by atoms with Crippen molar-refractivity contribution < 1.29 is 0 Å². The Hall–Kier alpha value is -1.90. The average molecular weight is 319 g/mol. The molecule has 0 nitrogen and oxygen atoms in total. The Labute approximate surface area is 136 Å². The van der Waals surface area contributed by atoms with Gasteiger partial charge in [-0.25, -0.2) is 0 Å². The van der Waals surface area contributed by atoms with Crippen LogP contribution < -0.4 is 5.19 Å². The zero-order chi connectivity index (χ0) is 15.2. The van der Waals surface area contributed by atoms with Crippen molar-refractivity contribution in [2.75, 3.05) is 0 Å². The summed E-state index contributed by atoms with van der Waals surface area (Å²) in [6, 6.07) is 24.4. The number of rotatable bonds is 2. The van der Waals surface area contributed by atoms with Gasteiger partial charge in [0.25, 0.3) is 0 Å². The van der Waals surface area contributed by atoms with Gasteiger partial charge in [-0.1, -0.05) is 73.8 Å². The normalized spacial score (nSPS) is 15.9. The summed E-state index contributed by atoms with van der Waals surface area (Å²) in [5, 5.41) is 5.33. The summed E-state index contributed by atoms with van der Waals surface area (Å²) in [5.41, 5.74) is 4.30. The largest absolute Gasteiger partial charge is 0.144 e. The predicted molar refractivity (Wildman–Crippen MR) is 100 cm³/mol. The molecule has 0 fully saturated rings. The Kier molecular flexibility index (Phi) is 3.17. The molecule has 0 saturated carbocycles. The Morgan fingerprint density at radius 3 is 2.23 bits per heavy atom. The third-order valence-corrected chi connectivity index (χ3v) is 9.03. The lowest BCUT2D eigenvalue weighted by Crippen LogP contribution is -2.40. The van der Waals surface area contributed by atoms with Gasteiger partial charge in [-0.15, -0.1) is 11.3 Å². The van der Waals surface area contributed by atoms with E-state index in [-0.39, 0.29) is 0 Å². The standard InChI is InChI=1S/C20H18SSi/c1-22(2)18-13-7-6-11-16(18)19(17-12-8-14-21-17)20(22)15-9-4-3-5-10-15/h3-14H,1-2H3. The number of hydrogen-bond donors (Lipinski definition) is 0. The number of hydrogen-bond acceptors (Lipinski definition) is 1. The van der Waals surface area contributed by atoms with Gasteiger partial charge in [0.2, 0.25) is 0 Å². The molecule has 0 unspecified atom stereocenters. The summed E-state index contributed by atoms with van der Waals surface area (Å²) in [7, 11) is -1.66. The second-order valence-corrected chi connectivity index (χ2v) is 11.5. The molecule has 1 aliphatic rings. The van der Waals surface area contributed by atoms with Crippen LogP contribution in [0.15, 0.2) is 72.1 Å². The second-order valence-electron chi connectivity index (χ2n) is 6.26. The lowest BCUT2D eigenvalue weighted by molar-refractivity contribution is 1.63. The van der Waals surface area contributed by atoms with Crippen LogP contribution in [0, 0.1) is 0 Å². The highest BCUT2D eigenvalue weighted by Crippen LogP contribution is 2.44. The zero-order valence-electron chi connectivity index (χ0n) is 12.8. The van der Waals surface area contributed by atoms with E-state index in [0.29, 0.717) is 0 Å². The van der Waals surface area contributed by atoms with Crippen molar-refractivity contribution in [2.24, 2.45) is 0 Å². The van der Waals surface area contributed by atoms with Gasteiger partial charge in [-0.05, 0) is 38.5 Å². The summed E-state index contributed by atoms with van der Waals surface area (Å²) in [4.78, 5) is 1.39. The molecule has 0 N–H and O–H groups in total. The maximum atomic E-state index is 2.48. The highest BCUT2D eigenvalue weighted by molar-refractivity contribution is 7.13. The minimum absolute atomic E-state index is 1.39. The number of benzene rings is 2. The molecule has 2 aromatic carbocycles. The quantitative estimate of drug-likeness (QED) is 0.571. The molecule has 22 heavy (non-hydrogen) atoms. The van der Waals surface area contributed by atoms with Gasteiger partial charge >= 0.3 is 0 Å². The maximum Gasteiger partial charge on any atom is 0.114 e. The van der Waals surface area contributed by atoms with E-state index in [4.69, 9.17) is 0 Å². The van der Waals surface area contributed by atoms with E-state index in [0.717, 1.165) is 0 Å². The molecular weight excluding hydrogens is 300 g/mol. The molecular formula is C20H18SSi. The van der Waals surface area contributed by atoms with Gasteiger partial charge < -0.3 is 0 Å². The highest BCUT2D eigenvalue weighted by Gasteiger charge is 2.40. The molecule has 0 radical (unpaired) electrons. The fraction of sp³-hybridized carbons (Fsp3) is 0.100. The first-order chi connectivity index (χ1) is 10.7. The molecule has 3 aromatic rings. The minimum Gasteiger partial charge on any atom is -0.144 e. The molecule has 2 heteroatoms. The molecule has 1 aliphatic heterocycles. The number of thiophene rings is 1. The first-order valence-corrected chi connectivity index (χ1v) is 11.5. The van der Waals surface area contributed by atoms with E-state index < -0.39 is 8.07 Å². The summed E-state index contributed by atoms with van der Waals surface area (Å²) in [6.07, 6.45) is 0. The third kappa shape index (κ3) is 1.95. The van der Waals surface area contributed by atoms with Crippen LogP contribution in [0.2, 0.25) is 13.1 Å². The predicted octanol–water partition coefficient (Wildman–Crippen LogP) is 5.18. The van der Waals surface area contributed by atoms with E-state index in [9.17, 15) is 0 Å². The minimum atomic E-state index is -1.66. The summed E-state index contributed by atoms with van der Waals surface area (Å²) < 4.78 is 0. The van der Waals surface area contributed by atoms with Crippen LogP contribution in [0.5, 0.6) is 0 Å². The third-order valence-electron chi connectivity index (χ3n) is 4.57. The molecule has 0 atom stereocenters. The van der Waals surface area contributed by atoms with Gasteiger partial charge in [-0.2, -0.15) is 0 Å². The smallest absolute Gasteiger partial charge is 0.114 e. The van der Waals surface area contributed by atoms with Crippen LogP contribution in [0.4, 0.5) is 0 Å². The summed E-state index contributed by atoms with van der Waals surface area (Å²) >= 11 is 1.85. The van der Waals surface area contributed by atoms with E-state index in [1.54, 1.807) is 10.4 Å². The van der Waals surface area contributed by atoms with Crippen LogP contribution in [0.25, 0.3) is 10.8 Å². The van der Waals surface area contributed by atoms with Crippen LogP contribution in [0.1, 0.15) is 16.0 Å². The van der Waals surface area contributed by atoms with Crippen LogP contribution in [-0.2, 0) is 0 Å². The highest BCUT2D eigenvalue weighted by atomic mass is 32.1. The molecule has 2 heterocycles. The van der Waals surface area contributed by atoms with Crippen molar-refractivity contribution in [3.8, 4) is 0 Å².